The molecule has 18 heavy (non-hydrogen) atoms. The zero-order chi connectivity index (χ0) is 13.2. The van der Waals surface area contributed by atoms with Crippen molar-refractivity contribution < 1.29 is 14.1 Å². The van der Waals surface area contributed by atoms with E-state index in [-0.39, 0.29) is 17.4 Å². The maximum Gasteiger partial charge on any atom is 0.231 e. The molecule has 1 aromatic heterocycles. The fraction of sp³-hybridized carbons (Fsp3) is 0.692. The van der Waals surface area contributed by atoms with E-state index in [0.29, 0.717) is 6.61 Å². The van der Waals surface area contributed by atoms with Crippen molar-refractivity contribution in [1.82, 2.24) is 10.1 Å². The number of aromatic nitrogens is 1. The lowest BCUT2D eigenvalue weighted by atomic mass is 9.68. The fourth-order valence-electron chi connectivity index (χ4n) is 2.49. The van der Waals surface area contributed by atoms with Crippen LogP contribution in [0, 0.1) is 5.41 Å². The van der Waals surface area contributed by atoms with Gasteiger partial charge in [-0.3, -0.25) is 4.79 Å². The third-order valence-corrected chi connectivity index (χ3v) is 3.97. The zero-order valence-corrected chi connectivity index (χ0v) is 11.2. The summed E-state index contributed by atoms with van der Waals surface area (Å²) in [4.78, 5) is 14.3. The second-order valence-corrected chi connectivity index (χ2v) is 5.08. The van der Waals surface area contributed by atoms with Crippen LogP contribution in [0.15, 0.2) is 16.9 Å². The highest BCUT2D eigenvalue weighted by Gasteiger charge is 2.46. The normalized spacial score (nSPS) is 19.1. The van der Waals surface area contributed by atoms with Crippen LogP contribution in [0.25, 0.3) is 0 Å². The first-order chi connectivity index (χ1) is 8.60. The number of nitrogens with zero attached hydrogens (tertiary/aromatic N) is 2. The van der Waals surface area contributed by atoms with Crippen LogP contribution >= 0.6 is 0 Å². The van der Waals surface area contributed by atoms with E-state index in [4.69, 9.17) is 9.26 Å². The molecule has 0 saturated heterocycles. The zero-order valence-electron chi connectivity index (χ0n) is 11.2. The van der Waals surface area contributed by atoms with Gasteiger partial charge in [0.1, 0.15) is 12.0 Å². The molecule has 1 fully saturated rings. The van der Waals surface area contributed by atoms with Crippen molar-refractivity contribution in [2.24, 2.45) is 5.41 Å². The Morgan fingerprint density at radius 1 is 1.67 bits per heavy atom. The van der Waals surface area contributed by atoms with E-state index in [2.05, 4.69) is 5.16 Å². The maximum absolute atomic E-state index is 12.6. The van der Waals surface area contributed by atoms with Gasteiger partial charge in [-0.15, -0.1) is 0 Å². The topological polar surface area (TPSA) is 55.6 Å². The average molecular weight is 252 g/mol. The predicted molar refractivity (Wildman–Crippen MR) is 65.8 cm³/mol. The van der Waals surface area contributed by atoms with Crippen LogP contribution in [0.5, 0.6) is 0 Å². The van der Waals surface area contributed by atoms with Gasteiger partial charge in [0.05, 0.1) is 18.1 Å². The summed E-state index contributed by atoms with van der Waals surface area (Å²) < 4.78 is 10.0. The van der Waals surface area contributed by atoms with Crippen LogP contribution in [-0.4, -0.2) is 36.7 Å². The van der Waals surface area contributed by atoms with Crippen molar-refractivity contribution in [3.05, 3.63) is 18.0 Å². The third kappa shape index (κ3) is 2.14. The molecule has 0 N–H and O–H groups in total. The number of ether oxygens (including phenoxy) is 1. The van der Waals surface area contributed by atoms with Gasteiger partial charge in [-0.25, -0.2) is 0 Å². The molecule has 0 aromatic carbocycles. The van der Waals surface area contributed by atoms with Crippen LogP contribution in [0.2, 0.25) is 0 Å². The molecule has 0 spiro atoms. The number of hydrogen-bond acceptors (Lipinski definition) is 4. The summed E-state index contributed by atoms with van der Waals surface area (Å²) in [6, 6.07) is 1.71. The van der Waals surface area contributed by atoms with Crippen molar-refractivity contribution >= 4 is 5.91 Å². The van der Waals surface area contributed by atoms with Gasteiger partial charge in [0, 0.05) is 20.2 Å². The van der Waals surface area contributed by atoms with Crippen LogP contribution in [0.1, 0.15) is 37.9 Å². The molecule has 1 aliphatic carbocycles. The Balaban J connectivity index is 2.08. The first-order valence-corrected chi connectivity index (χ1v) is 6.27. The summed E-state index contributed by atoms with van der Waals surface area (Å²) in [6.45, 7) is 2.45. The molecule has 1 aromatic rings. The quantitative estimate of drug-likeness (QED) is 0.804. The summed E-state index contributed by atoms with van der Waals surface area (Å²) in [5.74, 6) is 0.145. The molecule has 5 nitrogen and oxygen atoms in total. The molecule has 0 bridgehead atoms. The van der Waals surface area contributed by atoms with Gasteiger partial charge in [0.15, 0.2) is 0 Å². The van der Waals surface area contributed by atoms with E-state index in [0.717, 1.165) is 25.0 Å². The van der Waals surface area contributed by atoms with Crippen molar-refractivity contribution in [2.45, 2.75) is 32.2 Å². The first kappa shape index (κ1) is 13.1. The number of carbonyl (C=O) groups is 1. The highest BCUT2D eigenvalue weighted by molar-refractivity contribution is 5.84. The van der Waals surface area contributed by atoms with Crippen molar-refractivity contribution in [3.63, 3.8) is 0 Å². The summed E-state index contributed by atoms with van der Waals surface area (Å²) in [7, 11) is 3.46. The molecule has 1 atom stereocenters. The minimum atomic E-state index is -0.318. The lowest BCUT2D eigenvalue weighted by Gasteiger charge is -2.43. The van der Waals surface area contributed by atoms with Gasteiger partial charge in [-0.2, -0.15) is 0 Å². The van der Waals surface area contributed by atoms with Crippen molar-refractivity contribution in [2.75, 3.05) is 20.8 Å². The highest BCUT2D eigenvalue weighted by Crippen LogP contribution is 2.43. The minimum Gasteiger partial charge on any atom is -0.384 e. The molecule has 1 amide bonds. The number of amides is 1. The SMILES string of the molecule is COCC1(C(=O)N(C)[C@H](C)c2ccon2)CCC1. The van der Waals surface area contributed by atoms with Gasteiger partial charge >= 0.3 is 0 Å². The first-order valence-electron chi connectivity index (χ1n) is 6.27. The Kier molecular flexibility index (Phi) is 3.71. The van der Waals surface area contributed by atoms with Gasteiger partial charge in [-0.1, -0.05) is 11.6 Å². The fourth-order valence-corrected chi connectivity index (χ4v) is 2.49. The number of rotatable bonds is 5. The lowest BCUT2D eigenvalue weighted by Crippen LogP contribution is -2.49. The molecular formula is C13H20N2O3. The second-order valence-electron chi connectivity index (χ2n) is 5.08. The maximum atomic E-state index is 12.6. The standard InChI is InChI=1S/C13H20N2O3/c1-10(11-5-8-18-14-11)15(2)12(16)13(9-17-3)6-4-7-13/h5,8,10H,4,6-7,9H2,1-3H3/t10-/m1/s1. The van der Waals surface area contributed by atoms with E-state index in [9.17, 15) is 4.79 Å². The van der Waals surface area contributed by atoms with E-state index in [1.54, 1.807) is 18.1 Å². The number of hydrogen-bond donors (Lipinski definition) is 0. The van der Waals surface area contributed by atoms with Crippen molar-refractivity contribution in [3.8, 4) is 0 Å². The molecular weight excluding hydrogens is 232 g/mol. The largest absolute Gasteiger partial charge is 0.384 e. The lowest BCUT2D eigenvalue weighted by molar-refractivity contribution is -0.152. The Bertz CT molecular complexity index is 398. The highest BCUT2D eigenvalue weighted by atomic mass is 16.5. The monoisotopic (exact) mass is 252 g/mol. The van der Waals surface area contributed by atoms with Gasteiger partial charge in [0.2, 0.25) is 5.91 Å². The molecule has 100 valence electrons. The molecule has 0 aliphatic heterocycles. The van der Waals surface area contributed by atoms with E-state index in [1.165, 1.54) is 6.26 Å². The summed E-state index contributed by atoms with van der Waals surface area (Å²) in [6.07, 6.45) is 4.45. The molecule has 1 saturated carbocycles. The molecule has 5 heteroatoms. The van der Waals surface area contributed by atoms with E-state index in [1.807, 2.05) is 14.0 Å². The molecule has 1 aliphatic rings. The van der Waals surface area contributed by atoms with Gasteiger partial charge in [0.25, 0.3) is 0 Å². The minimum absolute atomic E-state index is 0.0782. The Hall–Kier alpha value is -1.36. The second kappa shape index (κ2) is 5.10. The van der Waals surface area contributed by atoms with Crippen molar-refractivity contribution in [1.29, 1.82) is 0 Å². The summed E-state index contributed by atoms with van der Waals surface area (Å²) in [5, 5.41) is 3.89. The van der Waals surface area contributed by atoms with E-state index >= 15 is 0 Å². The van der Waals surface area contributed by atoms with Crippen LogP contribution in [-0.2, 0) is 9.53 Å². The molecule has 1 heterocycles. The van der Waals surface area contributed by atoms with Gasteiger partial charge < -0.3 is 14.2 Å². The van der Waals surface area contributed by atoms with E-state index < -0.39 is 0 Å². The Labute approximate surface area is 107 Å². The summed E-state index contributed by atoms with van der Waals surface area (Å²) >= 11 is 0. The predicted octanol–water partition coefficient (Wildman–Crippen LogP) is 2.01. The number of carbonyl (C=O) groups excluding carboxylic acids is 1. The Morgan fingerprint density at radius 3 is 2.83 bits per heavy atom. The van der Waals surface area contributed by atoms with Crippen LogP contribution < -0.4 is 0 Å². The third-order valence-electron chi connectivity index (χ3n) is 3.97. The van der Waals surface area contributed by atoms with Crippen LogP contribution in [0.4, 0.5) is 0 Å². The Morgan fingerprint density at radius 2 is 2.39 bits per heavy atom. The molecule has 0 radical (unpaired) electrons. The smallest absolute Gasteiger partial charge is 0.231 e. The average Bonchev–Trinajstić information content (AvgIpc) is 2.84. The number of methoxy groups -OCH3 is 1. The van der Waals surface area contributed by atoms with Gasteiger partial charge in [-0.05, 0) is 19.8 Å². The molecule has 0 unspecified atom stereocenters. The summed E-state index contributed by atoms with van der Waals surface area (Å²) in [5.41, 5.74) is 0.458. The molecule has 2 rings (SSSR count). The van der Waals surface area contributed by atoms with Crippen LogP contribution in [0.3, 0.4) is 0 Å².